The monoisotopic (exact) mass is 379 g/mol. The molecule has 1 saturated carbocycles. The van der Waals surface area contributed by atoms with Crippen molar-refractivity contribution in [3.63, 3.8) is 0 Å². The van der Waals surface area contributed by atoms with E-state index in [0.29, 0.717) is 26.3 Å². The van der Waals surface area contributed by atoms with Crippen molar-refractivity contribution in [3.8, 4) is 0 Å². The van der Waals surface area contributed by atoms with Crippen LogP contribution >= 0.6 is 0 Å². The average molecular weight is 379 g/mol. The van der Waals surface area contributed by atoms with Crippen molar-refractivity contribution >= 4 is 11.9 Å². The number of aliphatic hydroxyl groups is 1. The molecule has 1 N–H and O–H groups in total. The van der Waals surface area contributed by atoms with Crippen molar-refractivity contribution in [2.45, 2.75) is 50.7 Å². The Balaban J connectivity index is 0.00000225. The summed E-state index contributed by atoms with van der Waals surface area (Å²) in [4.78, 5) is 24.9. The molecule has 1 atom stereocenters. The summed E-state index contributed by atoms with van der Waals surface area (Å²) >= 11 is 0. The van der Waals surface area contributed by atoms with E-state index in [0.717, 1.165) is 32.1 Å². The number of rotatable bonds is 5. The summed E-state index contributed by atoms with van der Waals surface area (Å²) in [7, 11) is 0. The first-order valence-corrected chi connectivity index (χ1v) is 8.82. The first-order chi connectivity index (χ1) is 11.5. The van der Waals surface area contributed by atoms with Crippen LogP contribution in [0.25, 0.3) is 0 Å². The van der Waals surface area contributed by atoms with Crippen LogP contribution in [-0.4, -0.2) is 60.6 Å². The van der Waals surface area contributed by atoms with E-state index in [1.807, 2.05) is 4.90 Å². The predicted octanol–water partition coefficient (Wildman–Crippen LogP) is -3.34. The number of carbonyl (C=O) groups is 2. The molecule has 136 valence electrons. The molecule has 3 fully saturated rings. The normalized spacial score (nSPS) is 25.1. The molecule has 2 saturated heterocycles. The molecule has 0 aromatic rings. The molecule has 2 spiro atoms. The van der Waals surface area contributed by atoms with E-state index in [9.17, 15) is 19.8 Å². The van der Waals surface area contributed by atoms with Crippen LogP contribution in [0, 0.1) is 11.3 Å². The van der Waals surface area contributed by atoms with Gasteiger partial charge >= 0.3 is 51.4 Å². The summed E-state index contributed by atoms with van der Waals surface area (Å²) in [6, 6.07) is 0. The first-order valence-electron chi connectivity index (χ1n) is 8.82. The van der Waals surface area contributed by atoms with Crippen LogP contribution in [0.4, 0.5) is 0 Å². The van der Waals surface area contributed by atoms with Gasteiger partial charge < -0.3 is 29.4 Å². The van der Waals surface area contributed by atoms with Gasteiger partial charge in [0.15, 0.2) is 5.79 Å². The number of carboxylic acid groups (broad SMARTS) is 1. The number of nitrogens with zero attached hydrogens (tertiary/aromatic N) is 1. The maximum absolute atomic E-state index is 12.4. The largest absolute Gasteiger partial charge is 1.00 e. The van der Waals surface area contributed by atoms with Crippen molar-refractivity contribution in [3.05, 3.63) is 0 Å². The van der Waals surface area contributed by atoms with Gasteiger partial charge in [0.05, 0.1) is 13.2 Å². The number of aliphatic carboxylic acids is 1. The minimum absolute atomic E-state index is 0. The molecule has 1 amide bonds. The Morgan fingerprint density at radius 2 is 1.72 bits per heavy atom. The number of likely N-dealkylation sites (tertiary alicyclic amines) is 1. The second kappa shape index (κ2) is 9.10. The summed E-state index contributed by atoms with van der Waals surface area (Å²) in [5.74, 6) is -2.25. The van der Waals surface area contributed by atoms with E-state index < -0.39 is 11.9 Å². The average Bonchev–Trinajstić information content (AvgIpc) is 3.17. The molecule has 1 aliphatic carbocycles. The molecule has 3 rings (SSSR count). The molecule has 2 heterocycles. The second-order valence-corrected chi connectivity index (χ2v) is 7.50. The number of hydrogen-bond donors (Lipinski definition) is 1. The zero-order valence-corrected chi connectivity index (χ0v) is 18.1. The van der Waals surface area contributed by atoms with Gasteiger partial charge in [-0.05, 0) is 37.0 Å². The number of carboxylic acids is 1. The number of carbonyl (C=O) groups excluding carboxylic acids is 2. The molecule has 25 heavy (non-hydrogen) atoms. The van der Waals surface area contributed by atoms with E-state index in [2.05, 4.69) is 0 Å². The van der Waals surface area contributed by atoms with Crippen LogP contribution in [0.3, 0.4) is 0 Å². The third-order valence-electron chi connectivity index (χ3n) is 5.85. The molecular weight excluding hydrogens is 353 g/mol. The quantitative estimate of drug-likeness (QED) is 0.502. The van der Waals surface area contributed by atoms with Crippen molar-refractivity contribution in [1.82, 2.24) is 4.90 Å². The Hall–Kier alpha value is 0.456. The van der Waals surface area contributed by atoms with Gasteiger partial charge in [-0.1, -0.05) is 0 Å². The standard InChI is InChI=1S/C17H27NO6.K/c19-11-13(10-15(21)22)9-14(20)18-6-5-16(12-18)1-3-17(4-2-16)23-7-8-24-17;/h13,19H,1-12H2,(H,21,22);/q;+1/p-1. The Kier molecular flexibility index (Phi) is 7.92. The number of amides is 1. The molecule has 2 aliphatic heterocycles. The fourth-order valence-electron chi connectivity index (χ4n) is 4.32. The summed E-state index contributed by atoms with van der Waals surface area (Å²) in [6.07, 6.45) is 4.48. The van der Waals surface area contributed by atoms with Crippen molar-refractivity contribution in [1.29, 1.82) is 0 Å². The van der Waals surface area contributed by atoms with Gasteiger partial charge in [-0.3, -0.25) is 4.79 Å². The van der Waals surface area contributed by atoms with Gasteiger partial charge in [0, 0.05) is 44.9 Å². The van der Waals surface area contributed by atoms with E-state index in [1.165, 1.54) is 0 Å². The topological polar surface area (TPSA) is 99.1 Å². The van der Waals surface area contributed by atoms with Crippen LogP contribution < -0.4 is 56.5 Å². The first kappa shape index (κ1) is 21.8. The maximum Gasteiger partial charge on any atom is 1.00 e. The minimum Gasteiger partial charge on any atom is -0.550 e. The summed E-state index contributed by atoms with van der Waals surface area (Å²) in [6.45, 7) is 2.44. The Labute approximate surface area is 190 Å². The van der Waals surface area contributed by atoms with Crippen LogP contribution in [0.1, 0.15) is 44.9 Å². The van der Waals surface area contributed by atoms with Gasteiger partial charge in [0.1, 0.15) is 0 Å². The third kappa shape index (κ3) is 5.25. The molecule has 1 unspecified atom stereocenters. The second-order valence-electron chi connectivity index (χ2n) is 7.50. The SMILES string of the molecule is O=C([O-])CC(CO)CC(=O)N1CCC2(CCC3(CC2)OCCO3)C1.[K+]. The molecule has 7 nitrogen and oxygen atoms in total. The van der Waals surface area contributed by atoms with E-state index in [-0.39, 0.29) is 87.9 Å². The molecule has 0 radical (unpaired) electrons. The molecule has 8 heteroatoms. The maximum atomic E-state index is 12.4. The summed E-state index contributed by atoms with van der Waals surface area (Å²) in [5.41, 5.74) is 0.138. The van der Waals surface area contributed by atoms with E-state index >= 15 is 0 Å². The van der Waals surface area contributed by atoms with Crippen LogP contribution in [0.2, 0.25) is 0 Å². The fourth-order valence-corrected chi connectivity index (χ4v) is 4.32. The molecule has 0 aromatic heterocycles. The van der Waals surface area contributed by atoms with Gasteiger partial charge in [-0.2, -0.15) is 0 Å². The van der Waals surface area contributed by atoms with Crippen LogP contribution in [0.5, 0.6) is 0 Å². The Morgan fingerprint density at radius 3 is 2.28 bits per heavy atom. The minimum atomic E-state index is -1.23. The molecular formula is C17H26KNO6. The van der Waals surface area contributed by atoms with E-state index in [4.69, 9.17) is 9.47 Å². The van der Waals surface area contributed by atoms with Crippen molar-refractivity contribution in [2.24, 2.45) is 11.3 Å². The number of hydrogen-bond acceptors (Lipinski definition) is 6. The summed E-state index contributed by atoms with van der Waals surface area (Å²) < 4.78 is 11.5. The number of aliphatic hydroxyl groups excluding tert-OH is 1. The molecule has 3 aliphatic rings. The molecule has 0 bridgehead atoms. The summed E-state index contributed by atoms with van der Waals surface area (Å²) in [5, 5.41) is 19.9. The van der Waals surface area contributed by atoms with Crippen molar-refractivity contribution in [2.75, 3.05) is 32.9 Å². The zero-order chi connectivity index (χ0) is 17.2. The molecule has 0 aromatic carbocycles. The van der Waals surface area contributed by atoms with Gasteiger partial charge in [-0.25, -0.2) is 0 Å². The van der Waals surface area contributed by atoms with Crippen LogP contribution in [-0.2, 0) is 19.1 Å². The van der Waals surface area contributed by atoms with Gasteiger partial charge in [-0.15, -0.1) is 0 Å². The van der Waals surface area contributed by atoms with Gasteiger partial charge in [0.2, 0.25) is 5.91 Å². The fraction of sp³-hybridized carbons (Fsp3) is 0.882. The predicted molar refractivity (Wildman–Crippen MR) is 81.5 cm³/mol. The Bertz CT molecular complexity index is 484. The van der Waals surface area contributed by atoms with Crippen LogP contribution in [0.15, 0.2) is 0 Å². The van der Waals surface area contributed by atoms with E-state index in [1.54, 1.807) is 0 Å². The van der Waals surface area contributed by atoms with Gasteiger partial charge in [0.25, 0.3) is 0 Å². The number of ether oxygens (including phenoxy) is 2. The third-order valence-corrected chi connectivity index (χ3v) is 5.85. The smallest absolute Gasteiger partial charge is 0.550 e. The Morgan fingerprint density at radius 1 is 1.08 bits per heavy atom. The van der Waals surface area contributed by atoms with Crippen molar-refractivity contribution < 1.29 is 80.7 Å². The zero-order valence-electron chi connectivity index (χ0n) is 15.0.